The first kappa shape index (κ1) is 7.47. The smallest absolute Gasteiger partial charge is 0.122 e. The molecular formula is C10H12O2. The number of hydrogen-bond donors (Lipinski definition) is 2. The van der Waals surface area contributed by atoms with Crippen LogP contribution in [0.15, 0.2) is 12.1 Å². The Balaban J connectivity index is 2.52. The van der Waals surface area contributed by atoms with Gasteiger partial charge in [0.15, 0.2) is 0 Å². The van der Waals surface area contributed by atoms with Crippen LogP contribution in [0.2, 0.25) is 0 Å². The third kappa shape index (κ3) is 1.04. The van der Waals surface area contributed by atoms with Crippen LogP contribution in [0.5, 0.6) is 11.5 Å². The largest absolute Gasteiger partial charge is 0.508 e. The van der Waals surface area contributed by atoms with Gasteiger partial charge in [0.2, 0.25) is 0 Å². The normalized spacial score (nSPS) is 20.9. The van der Waals surface area contributed by atoms with Crippen LogP contribution < -0.4 is 0 Å². The first-order chi connectivity index (χ1) is 5.66. The summed E-state index contributed by atoms with van der Waals surface area (Å²) < 4.78 is 0. The van der Waals surface area contributed by atoms with Gasteiger partial charge in [0, 0.05) is 6.07 Å². The number of aromatic hydroxyl groups is 2. The van der Waals surface area contributed by atoms with E-state index in [9.17, 15) is 10.2 Å². The number of phenolic OH excluding ortho intramolecular Hbond substituents is 2. The van der Waals surface area contributed by atoms with Gasteiger partial charge in [0.25, 0.3) is 0 Å². The molecule has 1 unspecified atom stereocenters. The Kier molecular flexibility index (Phi) is 1.50. The Morgan fingerprint density at radius 1 is 1.25 bits per heavy atom. The summed E-state index contributed by atoms with van der Waals surface area (Å²) in [5.41, 5.74) is 2.11. The zero-order valence-electron chi connectivity index (χ0n) is 7.04. The topological polar surface area (TPSA) is 40.5 Å². The van der Waals surface area contributed by atoms with E-state index in [1.807, 2.05) is 0 Å². The SMILES string of the molecule is CC1Cc2cc(O)cc(O)c2C1. The maximum Gasteiger partial charge on any atom is 0.122 e. The highest BCUT2D eigenvalue weighted by Crippen LogP contribution is 2.35. The molecule has 1 atom stereocenters. The van der Waals surface area contributed by atoms with Crippen LogP contribution in [-0.4, -0.2) is 10.2 Å². The van der Waals surface area contributed by atoms with Crippen LogP contribution in [0.3, 0.4) is 0 Å². The summed E-state index contributed by atoms with van der Waals surface area (Å²) in [7, 11) is 0. The Labute approximate surface area is 71.5 Å². The van der Waals surface area contributed by atoms with Crippen molar-refractivity contribution in [2.24, 2.45) is 5.92 Å². The van der Waals surface area contributed by atoms with Crippen LogP contribution in [0.1, 0.15) is 18.1 Å². The van der Waals surface area contributed by atoms with Crippen LogP contribution in [0.25, 0.3) is 0 Å². The zero-order chi connectivity index (χ0) is 8.72. The second-order valence-electron chi connectivity index (χ2n) is 3.62. The molecule has 0 aromatic heterocycles. The van der Waals surface area contributed by atoms with Crippen LogP contribution in [0, 0.1) is 5.92 Å². The molecular weight excluding hydrogens is 152 g/mol. The van der Waals surface area contributed by atoms with Crippen molar-refractivity contribution in [1.29, 1.82) is 0 Å². The molecule has 12 heavy (non-hydrogen) atoms. The number of fused-ring (bicyclic) bond motifs is 1. The average molecular weight is 164 g/mol. The second-order valence-corrected chi connectivity index (χ2v) is 3.62. The van der Waals surface area contributed by atoms with Crippen molar-refractivity contribution >= 4 is 0 Å². The third-order valence-corrected chi connectivity index (χ3v) is 2.42. The number of phenols is 2. The van der Waals surface area contributed by atoms with Crippen molar-refractivity contribution in [1.82, 2.24) is 0 Å². The molecule has 0 saturated heterocycles. The first-order valence-electron chi connectivity index (χ1n) is 4.20. The fourth-order valence-electron chi connectivity index (χ4n) is 1.91. The standard InChI is InChI=1S/C10H12O2/c1-6-2-7-4-8(11)5-10(12)9(7)3-6/h4-6,11-12H,2-3H2,1H3. The molecule has 0 fully saturated rings. The summed E-state index contributed by atoms with van der Waals surface area (Å²) in [6.07, 6.45) is 1.90. The molecule has 1 aromatic carbocycles. The fourth-order valence-corrected chi connectivity index (χ4v) is 1.91. The van der Waals surface area contributed by atoms with Crippen molar-refractivity contribution < 1.29 is 10.2 Å². The van der Waals surface area contributed by atoms with E-state index in [-0.39, 0.29) is 11.5 Å². The molecule has 64 valence electrons. The zero-order valence-corrected chi connectivity index (χ0v) is 7.04. The predicted octanol–water partition coefficient (Wildman–Crippen LogP) is 1.83. The Morgan fingerprint density at radius 2 is 2.00 bits per heavy atom. The van der Waals surface area contributed by atoms with Crippen LogP contribution >= 0.6 is 0 Å². The molecule has 0 saturated carbocycles. The van der Waals surface area contributed by atoms with E-state index in [1.54, 1.807) is 6.07 Å². The van der Waals surface area contributed by atoms with Gasteiger partial charge in [-0.2, -0.15) is 0 Å². The molecule has 2 N–H and O–H groups in total. The van der Waals surface area contributed by atoms with E-state index in [4.69, 9.17) is 0 Å². The van der Waals surface area contributed by atoms with Crippen molar-refractivity contribution in [2.75, 3.05) is 0 Å². The number of rotatable bonds is 0. The Bertz CT molecular complexity index is 318. The lowest BCUT2D eigenvalue weighted by atomic mass is 10.1. The van der Waals surface area contributed by atoms with Crippen molar-refractivity contribution in [3.05, 3.63) is 23.3 Å². The minimum absolute atomic E-state index is 0.167. The number of hydrogen-bond acceptors (Lipinski definition) is 2. The lowest BCUT2D eigenvalue weighted by molar-refractivity contribution is 0.446. The molecule has 2 rings (SSSR count). The molecule has 1 aromatic rings. The molecule has 1 aliphatic rings. The van der Waals surface area contributed by atoms with Gasteiger partial charge >= 0.3 is 0 Å². The summed E-state index contributed by atoms with van der Waals surface area (Å²) in [5, 5.41) is 18.7. The Morgan fingerprint density at radius 3 is 2.75 bits per heavy atom. The average Bonchev–Trinajstić information content (AvgIpc) is 2.29. The third-order valence-electron chi connectivity index (χ3n) is 2.42. The highest BCUT2D eigenvalue weighted by molar-refractivity contribution is 5.47. The van der Waals surface area contributed by atoms with Gasteiger partial charge in [-0.05, 0) is 36.0 Å². The van der Waals surface area contributed by atoms with Gasteiger partial charge in [-0.25, -0.2) is 0 Å². The molecule has 2 nitrogen and oxygen atoms in total. The Hall–Kier alpha value is -1.18. The van der Waals surface area contributed by atoms with Gasteiger partial charge in [-0.3, -0.25) is 0 Å². The summed E-state index contributed by atoms with van der Waals surface area (Å²) in [6, 6.07) is 3.16. The van der Waals surface area contributed by atoms with Crippen molar-refractivity contribution in [2.45, 2.75) is 19.8 Å². The first-order valence-corrected chi connectivity index (χ1v) is 4.20. The molecule has 0 radical (unpaired) electrons. The highest BCUT2D eigenvalue weighted by Gasteiger charge is 2.21. The lowest BCUT2D eigenvalue weighted by Crippen LogP contribution is -1.89. The monoisotopic (exact) mass is 164 g/mol. The summed E-state index contributed by atoms with van der Waals surface area (Å²) >= 11 is 0. The molecule has 0 amide bonds. The van der Waals surface area contributed by atoms with Crippen LogP contribution in [0.4, 0.5) is 0 Å². The van der Waals surface area contributed by atoms with Gasteiger partial charge in [0.05, 0.1) is 0 Å². The van der Waals surface area contributed by atoms with Crippen LogP contribution in [-0.2, 0) is 12.8 Å². The molecule has 0 bridgehead atoms. The molecule has 0 aliphatic heterocycles. The van der Waals surface area contributed by atoms with Gasteiger partial charge in [0.1, 0.15) is 11.5 Å². The van der Waals surface area contributed by atoms with Crippen molar-refractivity contribution in [3.63, 3.8) is 0 Å². The minimum Gasteiger partial charge on any atom is -0.508 e. The molecule has 0 spiro atoms. The molecule has 2 heteroatoms. The maximum atomic E-state index is 9.47. The summed E-state index contributed by atoms with van der Waals surface area (Å²) in [6.45, 7) is 2.15. The maximum absolute atomic E-state index is 9.47. The predicted molar refractivity (Wildman–Crippen MR) is 46.3 cm³/mol. The van der Waals surface area contributed by atoms with Gasteiger partial charge < -0.3 is 10.2 Å². The van der Waals surface area contributed by atoms with E-state index in [0.717, 1.165) is 24.0 Å². The van der Waals surface area contributed by atoms with E-state index < -0.39 is 0 Å². The number of benzene rings is 1. The minimum atomic E-state index is 0.167. The van der Waals surface area contributed by atoms with Crippen molar-refractivity contribution in [3.8, 4) is 11.5 Å². The summed E-state index contributed by atoms with van der Waals surface area (Å²) in [4.78, 5) is 0. The lowest BCUT2D eigenvalue weighted by Gasteiger charge is -2.02. The highest BCUT2D eigenvalue weighted by atomic mass is 16.3. The molecule has 1 aliphatic carbocycles. The van der Waals surface area contributed by atoms with E-state index in [1.165, 1.54) is 6.07 Å². The van der Waals surface area contributed by atoms with E-state index >= 15 is 0 Å². The molecule has 0 heterocycles. The quantitative estimate of drug-likeness (QED) is 0.614. The fraction of sp³-hybridized carbons (Fsp3) is 0.400. The van der Waals surface area contributed by atoms with Gasteiger partial charge in [-0.1, -0.05) is 6.92 Å². The second kappa shape index (κ2) is 2.41. The van der Waals surface area contributed by atoms with E-state index in [0.29, 0.717) is 5.92 Å². The van der Waals surface area contributed by atoms with Gasteiger partial charge in [-0.15, -0.1) is 0 Å². The van der Waals surface area contributed by atoms with E-state index in [2.05, 4.69) is 6.92 Å². The summed E-state index contributed by atoms with van der Waals surface area (Å²) in [5.74, 6) is 1.00.